The lowest BCUT2D eigenvalue weighted by Gasteiger charge is -2.25. The molecule has 1 N–H and O–H groups in total. The quantitative estimate of drug-likeness (QED) is 0.811. The van der Waals surface area contributed by atoms with Crippen LogP contribution in [0.15, 0.2) is 24.3 Å². The molecule has 0 spiro atoms. The number of rotatable bonds is 7. The van der Waals surface area contributed by atoms with Crippen molar-refractivity contribution in [1.29, 1.82) is 0 Å². The van der Waals surface area contributed by atoms with Gasteiger partial charge < -0.3 is 10.1 Å². The Hall–Kier alpha value is -1.02. The van der Waals surface area contributed by atoms with E-state index in [4.69, 9.17) is 4.74 Å². The number of hydrogen-bond acceptors (Lipinski definition) is 2. The molecule has 2 heteroatoms. The molecule has 0 heterocycles. The van der Waals surface area contributed by atoms with Crippen LogP contribution in [0.2, 0.25) is 0 Å². The van der Waals surface area contributed by atoms with E-state index in [1.807, 2.05) is 6.07 Å². The second kappa shape index (κ2) is 7.68. The van der Waals surface area contributed by atoms with Gasteiger partial charge in [0, 0.05) is 6.04 Å². The van der Waals surface area contributed by atoms with Gasteiger partial charge in [0.2, 0.25) is 0 Å². The van der Waals surface area contributed by atoms with Gasteiger partial charge in [-0.05, 0) is 42.5 Å². The lowest BCUT2D eigenvalue weighted by atomic mass is 9.85. The molecule has 1 aromatic carbocycles. The topological polar surface area (TPSA) is 21.3 Å². The Labute approximate surface area is 123 Å². The molecular formula is C18H29NO. The lowest BCUT2D eigenvalue weighted by molar-refractivity contribution is 0.312. The highest BCUT2D eigenvalue weighted by Crippen LogP contribution is 2.33. The van der Waals surface area contributed by atoms with Gasteiger partial charge in [-0.25, -0.2) is 0 Å². The summed E-state index contributed by atoms with van der Waals surface area (Å²) in [6, 6.07) is 9.14. The minimum atomic E-state index is 0.573. The Morgan fingerprint density at radius 3 is 2.65 bits per heavy atom. The van der Waals surface area contributed by atoms with Crippen molar-refractivity contribution in [3.63, 3.8) is 0 Å². The molecule has 1 fully saturated rings. The molecule has 0 saturated heterocycles. The molecule has 112 valence electrons. The van der Waals surface area contributed by atoms with E-state index in [1.54, 1.807) is 7.11 Å². The molecule has 2 nitrogen and oxygen atoms in total. The van der Waals surface area contributed by atoms with E-state index in [0.29, 0.717) is 6.04 Å². The molecule has 1 saturated carbocycles. The third kappa shape index (κ3) is 4.52. The van der Waals surface area contributed by atoms with Gasteiger partial charge in [0.25, 0.3) is 0 Å². The van der Waals surface area contributed by atoms with Crippen LogP contribution in [0.4, 0.5) is 0 Å². The van der Waals surface area contributed by atoms with Crippen molar-refractivity contribution in [2.24, 2.45) is 11.8 Å². The first-order chi connectivity index (χ1) is 9.69. The van der Waals surface area contributed by atoms with E-state index in [2.05, 4.69) is 37.4 Å². The van der Waals surface area contributed by atoms with Gasteiger partial charge in [-0.2, -0.15) is 0 Å². The van der Waals surface area contributed by atoms with E-state index in [1.165, 1.54) is 37.7 Å². The third-order valence-corrected chi connectivity index (χ3v) is 4.49. The fourth-order valence-electron chi connectivity index (χ4n) is 3.32. The molecule has 2 rings (SSSR count). The molecule has 0 bridgehead atoms. The smallest absolute Gasteiger partial charge is 0.119 e. The minimum Gasteiger partial charge on any atom is -0.497 e. The zero-order chi connectivity index (χ0) is 14.4. The summed E-state index contributed by atoms with van der Waals surface area (Å²) in [5, 5.41) is 3.64. The van der Waals surface area contributed by atoms with Crippen LogP contribution in [0, 0.1) is 11.8 Å². The molecule has 20 heavy (non-hydrogen) atoms. The average molecular weight is 275 g/mol. The maximum Gasteiger partial charge on any atom is 0.119 e. The zero-order valence-electron chi connectivity index (χ0n) is 13.2. The van der Waals surface area contributed by atoms with Crippen LogP contribution in [-0.4, -0.2) is 19.7 Å². The van der Waals surface area contributed by atoms with Crippen LogP contribution in [0.5, 0.6) is 5.75 Å². The molecule has 1 aliphatic carbocycles. The molecule has 0 amide bonds. The van der Waals surface area contributed by atoms with Gasteiger partial charge in [-0.3, -0.25) is 0 Å². The third-order valence-electron chi connectivity index (χ3n) is 4.49. The minimum absolute atomic E-state index is 0.573. The largest absolute Gasteiger partial charge is 0.497 e. The highest BCUT2D eigenvalue weighted by Gasteiger charge is 2.25. The van der Waals surface area contributed by atoms with Crippen LogP contribution < -0.4 is 10.1 Å². The SMILES string of the molecule is COc1cccc(CC(CNC(C)C)C2CCCC2)c1. The second-order valence-electron chi connectivity index (χ2n) is 6.42. The first-order valence-corrected chi connectivity index (χ1v) is 8.05. The number of hydrogen-bond donors (Lipinski definition) is 1. The molecule has 1 unspecified atom stereocenters. The Morgan fingerprint density at radius 1 is 1.25 bits per heavy atom. The van der Waals surface area contributed by atoms with Gasteiger partial charge in [0.15, 0.2) is 0 Å². The molecule has 1 atom stereocenters. The van der Waals surface area contributed by atoms with Crippen molar-refractivity contribution in [1.82, 2.24) is 5.32 Å². The Kier molecular flexibility index (Phi) is 5.90. The Balaban J connectivity index is 2.01. The van der Waals surface area contributed by atoms with Crippen molar-refractivity contribution >= 4 is 0 Å². The molecule has 0 radical (unpaired) electrons. The van der Waals surface area contributed by atoms with Crippen molar-refractivity contribution in [3.05, 3.63) is 29.8 Å². The number of nitrogens with one attached hydrogen (secondary N) is 1. The van der Waals surface area contributed by atoms with E-state index >= 15 is 0 Å². The predicted molar refractivity (Wildman–Crippen MR) is 85.3 cm³/mol. The van der Waals surface area contributed by atoms with E-state index in [9.17, 15) is 0 Å². The summed E-state index contributed by atoms with van der Waals surface area (Å²) in [6.45, 7) is 5.61. The van der Waals surface area contributed by atoms with Crippen molar-refractivity contribution < 1.29 is 4.74 Å². The predicted octanol–water partition coefficient (Wildman–Crippen LogP) is 4.04. The fourth-order valence-corrected chi connectivity index (χ4v) is 3.32. The van der Waals surface area contributed by atoms with Gasteiger partial charge >= 0.3 is 0 Å². The number of benzene rings is 1. The molecular weight excluding hydrogens is 246 g/mol. The van der Waals surface area contributed by atoms with Gasteiger partial charge in [0.05, 0.1) is 7.11 Å². The Bertz CT molecular complexity index is 396. The normalized spacial score (nSPS) is 17.6. The van der Waals surface area contributed by atoms with Crippen molar-refractivity contribution in [2.75, 3.05) is 13.7 Å². The van der Waals surface area contributed by atoms with Gasteiger partial charge in [-0.1, -0.05) is 51.7 Å². The van der Waals surface area contributed by atoms with Crippen LogP contribution in [0.25, 0.3) is 0 Å². The fraction of sp³-hybridized carbons (Fsp3) is 0.667. The van der Waals surface area contributed by atoms with E-state index in [0.717, 1.165) is 24.1 Å². The maximum atomic E-state index is 5.34. The summed E-state index contributed by atoms with van der Waals surface area (Å²) in [6.07, 6.45) is 6.83. The van der Waals surface area contributed by atoms with E-state index < -0.39 is 0 Å². The molecule has 1 aromatic rings. The van der Waals surface area contributed by atoms with Gasteiger partial charge in [-0.15, -0.1) is 0 Å². The van der Waals surface area contributed by atoms with E-state index in [-0.39, 0.29) is 0 Å². The van der Waals surface area contributed by atoms with Crippen LogP contribution in [0.3, 0.4) is 0 Å². The summed E-state index contributed by atoms with van der Waals surface area (Å²) < 4.78 is 5.34. The van der Waals surface area contributed by atoms with Crippen molar-refractivity contribution in [3.8, 4) is 5.75 Å². The summed E-state index contributed by atoms with van der Waals surface area (Å²) in [7, 11) is 1.74. The van der Waals surface area contributed by atoms with Crippen LogP contribution >= 0.6 is 0 Å². The monoisotopic (exact) mass is 275 g/mol. The molecule has 0 aliphatic heterocycles. The zero-order valence-corrected chi connectivity index (χ0v) is 13.2. The average Bonchev–Trinajstić information content (AvgIpc) is 2.97. The first kappa shape index (κ1) is 15.4. The van der Waals surface area contributed by atoms with Crippen LogP contribution in [-0.2, 0) is 6.42 Å². The summed E-state index contributed by atoms with van der Waals surface area (Å²) >= 11 is 0. The summed E-state index contributed by atoms with van der Waals surface area (Å²) in [4.78, 5) is 0. The number of ether oxygens (including phenoxy) is 1. The summed E-state index contributed by atoms with van der Waals surface area (Å²) in [5.41, 5.74) is 1.41. The highest BCUT2D eigenvalue weighted by molar-refractivity contribution is 5.28. The molecule has 0 aromatic heterocycles. The highest BCUT2D eigenvalue weighted by atomic mass is 16.5. The lowest BCUT2D eigenvalue weighted by Crippen LogP contribution is -2.33. The van der Waals surface area contributed by atoms with Crippen LogP contribution in [0.1, 0.15) is 45.1 Å². The number of methoxy groups -OCH3 is 1. The van der Waals surface area contributed by atoms with Gasteiger partial charge in [0.1, 0.15) is 5.75 Å². The first-order valence-electron chi connectivity index (χ1n) is 8.05. The maximum absolute atomic E-state index is 5.34. The Morgan fingerprint density at radius 2 is 2.00 bits per heavy atom. The molecule has 1 aliphatic rings. The van der Waals surface area contributed by atoms with Crippen molar-refractivity contribution in [2.45, 2.75) is 52.0 Å². The standard InChI is InChI=1S/C18H29NO/c1-14(2)19-13-17(16-8-4-5-9-16)11-15-7-6-10-18(12-15)20-3/h6-7,10,12,14,16-17,19H,4-5,8-9,11,13H2,1-3H3. The summed E-state index contributed by atoms with van der Waals surface area (Å²) in [5.74, 6) is 2.63. The second-order valence-corrected chi connectivity index (χ2v) is 6.42.